The Kier molecular flexibility index (Phi) is 5.84. The first-order chi connectivity index (χ1) is 11.0. The van der Waals surface area contributed by atoms with Crippen LogP contribution in [0.5, 0.6) is 0 Å². The Hall–Kier alpha value is -2.24. The summed E-state index contributed by atoms with van der Waals surface area (Å²) in [6.45, 7) is 2.73. The summed E-state index contributed by atoms with van der Waals surface area (Å²) in [6, 6.07) is 5.63. The average molecular weight is 319 g/mol. The Balaban J connectivity index is 1.97. The van der Waals surface area contributed by atoms with Crippen molar-refractivity contribution in [2.75, 3.05) is 13.1 Å². The molecule has 6 heteroatoms. The Morgan fingerprint density at radius 2 is 1.96 bits per heavy atom. The highest BCUT2D eigenvalue weighted by molar-refractivity contribution is 5.80. The molecule has 2 amide bonds. The van der Waals surface area contributed by atoms with E-state index in [0.717, 1.165) is 5.56 Å². The predicted molar refractivity (Wildman–Crippen MR) is 85.7 cm³/mol. The van der Waals surface area contributed by atoms with Crippen molar-refractivity contribution in [2.45, 2.75) is 32.2 Å². The number of hydrogen-bond acceptors (Lipinski definition) is 3. The van der Waals surface area contributed by atoms with Gasteiger partial charge in [0.2, 0.25) is 11.8 Å². The zero-order chi connectivity index (χ0) is 16.8. The van der Waals surface area contributed by atoms with Crippen LogP contribution in [0.15, 0.2) is 24.3 Å². The number of amides is 2. The summed E-state index contributed by atoms with van der Waals surface area (Å²) in [5.41, 5.74) is 0.782. The van der Waals surface area contributed by atoms with Crippen LogP contribution in [0.2, 0.25) is 0 Å². The maximum Gasteiger partial charge on any atom is 0.223 e. The lowest BCUT2D eigenvalue weighted by Crippen LogP contribution is -2.43. The summed E-state index contributed by atoms with van der Waals surface area (Å²) in [4.78, 5) is 25.5. The van der Waals surface area contributed by atoms with Crippen LogP contribution in [-0.4, -0.2) is 36.0 Å². The number of carbonyl (C=O) groups is 2. The van der Waals surface area contributed by atoms with Gasteiger partial charge < -0.3 is 15.6 Å². The molecule has 0 saturated carbocycles. The van der Waals surface area contributed by atoms with E-state index in [0.29, 0.717) is 32.4 Å². The van der Waals surface area contributed by atoms with E-state index in [2.05, 4.69) is 5.32 Å². The highest BCUT2D eigenvalue weighted by atomic mass is 19.1. The van der Waals surface area contributed by atoms with E-state index in [9.17, 15) is 14.0 Å². The van der Waals surface area contributed by atoms with Crippen LogP contribution >= 0.6 is 0 Å². The van der Waals surface area contributed by atoms with Gasteiger partial charge in [0.25, 0.3) is 0 Å². The van der Waals surface area contributed by atoms with Gasteiger partial charge in [0.15, 0.2) is 0 Å². The van der Waals surface area contributed by atoms with Crippen molar-refractivity contribution < 1.29 is 14.0 Å². The van der Waals surface area contributed by atoms with Crippen molar-refractivity contribution in [1.29, 1.82) is 5.41 Å². The fourth-order valence-corrected chi connectivity index (χ4v) is 2.84. The molecule has 1 saturated heterocycles. The molecule has 5 nitrogen and oxygen atoms in total. The molecule has 1 aliphatic rings. The first-order valence-corrected chi connectivity index (χ1v) is 7.81. The largest absolute Gasteiger partial charge is 0.349 e. The molecule has 1 unspecified atom stereocenters. The number of hydrogen-bond donors (Lipinski definition) is 2. The molecular weight excluding hydrogens is 297 g/mol. The van der Waals surface area contributed by atoms with Crippen molar-refractivity contribution in [1.82, 2.24) is 10.2 Å². The van der Waals surface area contributed by atoms with Gasteiger partial charge in [-0.25, -0.2) is 4.39 Å². The number of likely N-dealkylation sites (tertiary alicyclic amines) is 1. The monoisotopic (exact) mass is 319 g/mol. The van der Waals surface area contributed by atoms with Crippen molar-refractivity contribution in [3.05, 3.63) is 35.6 Å². The van der Waals surface area contributed by atoms with E-state index in [-0.39, 0.29) is 29.6 Å². The van der Waals surface area contributed by atoms with Gasteiger partial charge in [-0.3, -0.25) is 9.59 Å². The standard InChI is InChI=1S/C17H22FN3O2/c1-12(22)21-10-7-14(8-11-21)17(23)20-16(6-9-19)13-2-4-15(18)5-3-13/h2-5,9,14,16,19H,6-8,10-11H2,1H3,(H,20,23). The molecule has 0 aliphatic carbocycles. The van der Waals surface area contributed by atoms with Gasteiger partial charge in [0, 0.05) is 32.4 Å². The van der Waals surface area contributed by atoms with Gasteiger partial charge in [-0.2, -0.15) is 0 Å². The molecule has 0 bridgehead atoms. The van der Waals surface area contributed by atoms with Crippen molar-refractivity contribution in [3.8, 4) is 0 Å². The Labute approximate surface area is 135 Å². The Bertz CT molecular complexity index is 566. The molecule has 0 aromatic heterocycles. The summed E-state index contributed by atoms with van der Waals surface area (Å²) in [5.74, 6) is -0.481. The predicted octanol–water partition coefficient (Wildman–Crippen LogP) is 2.28. The topological polar surface area (TPSA) is 73.3 Å². The highest BCUT2D eigenvalue weighted by Gasteiger charge is 2.27. The summed E-state index contributed by atoms with van der Waals surface area (Å²) < 4.78 is 13.0. The number of piperidine rings is 1. The summed E-state index contributed by atoms with van der Waals surface area (Å²) in [5, 5.41) is 10.2. The van der Waals surface area contributed by atoms with E-state index in [1.807, 2.05) is 0 Å². The second-order valence-electron chi connectivity index (χ2n) is 5.83. The van der Waals surface area contributed by atoms with Crippen LogP contribution in [-0.2, 0) is 9.59 Å². The third-order valence-electron chi connectivity index (χ3n) is 4.25. The van der Waals surface area contributed by atoms with Gasteiger partial charge in [-0.05, 0) is 36.8 Å². The average Bonchev–Trinajstić information content (AvgIpc) is 2.55. The quantitative estimate of drug-likeness (QED) is 0.817. The van der Waals surface area contributed by atoms with E-state index >= 15 is 0 Å². The fourth-order valence-electron chi connectivity index (χ4n) is 2.84. The maximum atomic E-state index is 13.0. The number of halogens is 1. The molecule has 124 valence electrons. The Morgan fingerprint density at radius 1 is 1.35 bits per heavy atom. The lowest BCUT2D eigenvalue weighted by Gasteiger charge is -2.31. The number of rotatable bonds is 5. The maximum absolute atomic E-state index is 13.0. The van der Waals surface area contributed by atoms with Crippen molar-refractivity contribution >= 4 is 18.0 Å². The van der Waals surface area contributed by atoms with E-state index < -0.39 is 0 Å². The molecule has 1 aromatic rings. The zero-order valence-corrected chi connectivity index (χ0v) is 13.2. The second kappa shape index (κ2) is 7.85. The molecule has 2 N–H and O–H groups in total. The van der Waals surface area contributed by atoms with Crippen LogP contribution < -0.4 is 5.32 Å². The van der Waals surface area contributed by atoms with Crippen molar-refractivity contribution in [2.24, 2.45) is 5.92 Å². The molecule has 2 rings (SSSR count). The normalized spacial score (nSPS) is 16.7. The minimum absolute atomic E-state index is 0.0388. The smallest absolute Gasteiger partial charge is 0.223 e. The van der Waals surface area contributed by atoms with Crippen LogP contribution in [0.4, 0.5) is 4.39 Å². The lowest BCUT2D eigenvalue weighted by molar-refractivity contribution is -0.134. The minimum Gasteiger partial charge on any atom is -0.349 e. The van der Waals surface area contributed by atoms with E-state index in [1.165, 1.54) is 25.3 Å². The van der Waals surface area contributed by atoms with Crippen LogP contribution in [0.3, 0.4) is 0 Å². The van der Waals surface area contributed by atoms with Gasteiger partial charge in [-0.15, -0.1) is 0 Å². The van der Waals surface area contributed by atoms with E-state index in [4.69, 9.17) is 5.41 Å². The molecule has 1 atom stereocenters. The first-order valence-electron chi connectivity index (χ1n) is 7.81. The number of nitrogens with one attached hydrogen (secondary N) is 2. The van der Waals surface area contributed by atoms with Gasteiger partial charge >= 0.3 is 0 Å². The second-order valence-corrected chi connectivity index (χ2v) is 5.83. The van der Waals surface area contributed by atoms with Gasteiger partial charge in [-0.1, -0.05) is 12.1 Å². The van der Waals surface area contributed by atoms with Crippen LogP contribution in [0.25, 0.3) is 0 Å². The molecule has 1 aliphatic heterocycles. The first kappa shape index (κ1) is 17.1. The SMILES string of the molecule is CC(=O)N1CCC(C(=O)NC(CC=N)c2ccc(F)cc2)CC1. The summed E-state index contributed by atoms with van der Waals surface area (Å²) in [7, 11) is 0. The molecule has 1 aromatic carbocycles. The molecule has 1 heterocycles. The minimum atomic E-state index is -0.328. The van der Waals surface area contributed by atoms with Crippen LogP contribution in [0, 0.1) is 17.1 Å². The van der Waals surface area contributed by atoms with Crippen LogP contribution in [0.1, 0.15) is 37.8 Å². The molecule has 1 fully saturated rings. The highest BCUT2D eigenvalue weighted by Crippen LogP contribution is 2.21. The third-order valence-corrected chi connectivity index (χ3v) is 4.25. The van der Waals surface area contributed by atoms with E-state index in [1.54, 1.807) is 17.0 Å². The van der Waals surface area contributed by atoms with Gasteiger partial charge in [0.05, 0.1) is 6.04 Å². The third kappa shape index (κ3) is 4.61. The summed E-state index contributed by atoms with van der Waals surface area (Å²) >= 11 is 0. The number of nitrogens with zero attached hydrogens (tertiary/aromatic N) is 1. The molecule has 0 radical (unpaired) electrons. The Morgan fingerprint density at radius 3 is 2.48 bits per heavy atom. The molecule has 23 heavy (non-hydrogen) atoms. The summed E-state index contributed by atoms with van der Waals surface area (Å²) in [6.07, 6.45) is 2.90. The number of carbonyl (C=O) groups excluding carboxylic acids is 2. The van der Waals surface area contributed by atoms with Crippen molar-refractivity contribution in [3.63, 3.8) is 0 Å². The fraction of sp³-hybridized carbons (Fsp3) is 0.471. The molecule has 0 spiro atoms. The van der Waals surface area contributed by atoms with Gasteiger partial charge in [0.1, 0.15) is 5.82 Å². The zero-order valence-electron chi connectivity index (χ0n) is 13.2. The lowest BCUT2D eigenvalue weighted by atomic mass is 9.94. The molecular formula is C17H22FN3O2. The number of benzene rings is 1.